The zero-order chi connectivity index (χ0) is 18.0. The highest BCUT2D eigenvalue weighted by Gasteiger charge is 2.56. The number of carbonyl (C=O) groups is 2. The van der Waals surface area contributed by atoms with Gasteiger partial charge in [0.25, 0.3) is 0 Å². The van der Waals surface area contributed by atoms with Crippen LogP contribution in [0.15, 0.2) is 42.5 Å². The number of hydrogen-bond acceptors (Lipinski definition) is 2. The lowest BCUT2D eigenvalue weighted by Crippen LogP contribution is -2.39. The fraction of sp³-hybridized carbons (Fsp3) is 0.222. The number of para-hydroxylation sites is 1. The van der Waals surface area contributed by atoms with E-state index in [1.54, 1.807) is 30.3 Å². The summed E-state index contributed by atoms with van der Waals surface area (Å²) in [5, 5.41) is 6.00. The van der Waals surface area contributed by atoms with Gasteiger partial charge in [0.15, 0.2) is 0 Å². The Morgan fingerprint density at radius 2 is 1.60 bits per heavy atom. The number of hydrogen-bond donors (Lipinski definition) is 2. The van der Waals surface area contributed by atoms with Gasteiger partial charge in [-0.05, 0) is 42.7 Å². The van der Waals surface area contributed by atoms with Crippen LogP contribution in [0.5, 0.6) is 0 Å². The van der Waals surface area contributed by atoms with Crippen LogP contribution in [0.1, 0.15) is 18.4 Å². The van der Waals surface area contributed by atoms with Crippen molar-refractivity contribution in [1.82, 2.24) is 5.32 Å². The van der Waals surface area contributed by atoms with Crippen LogP contribution >= 0.6 is 23.2 Å². The first-order valence-corrected chi connectivity index (χ1v) is 8.46. The maximum atomic E-state index is 12.9. The minimum Gasteiger partial charge on any atom is -0.351 e. The third-order valence-corrected chi connectivity index (χ3v) is 4.82. The van der Waals surface area contributed by atoms with Gasteiger partial charge in [-0.25, -0.2) is 4.39 Å². The SMILES string of the molecule is O=C(NCc1ccc(F)cc1)C1(C(=O)Nc2c(Cl)cccc2Cl)CC1. The molecule has 1 saturated carbocycles. The molecule has 3 rings (SSSR count). The predicted molar refractivity (Wildman–Crippen MR) is 95.0 cm³/mol. The van der Waals surface area contributed by atoms with Crippen molar-refractivity contribution >= 4 is 40.7 Å². The molecule has 1 aliphatic rings. The summed E-state index contributed by atoms with van der Waals surface area (Å²) in [5.41, 5.74) is -0.0590. The molecule has 2 aromatic carbocycles. The van der Waals surface area contributed by atoms with Crippen molar-refractivity contribution in [2.45, 2.75) is 19.4 Å². The van der Waals surface area contributed by atoms with E-state index in [0.29, 0.717) is 28.6 Å². The first kappa shape index (κ1) is 17.7. The minimum atomic E-state index is -1.11. The summed E-state index contributed by atoms with van der Waals surface area (Å²) in [4.78, 5) is 25.0. The van der Waals surface area contributed by atoms with Crippen molar-refractivity contribution in [3.63, 3.8) is 0 Å². The number of rotatable bonds is 5. The van der Waals surface area contributed by atoms with E-state index in [0.717, 1.165) is 5.56 Å². The van der Waals surface area contributed by atoms with E-state index < -0.39 is 11.3 Å². The van der Waals surface area contributed by atoms with Crippen molar-refractivity contribution in [2.75, 3.05) is 5.32 Å². The van der Waals surface area contributed by atoms with Gasteiger partial charge in [0.05, 0.1) is 15.7 Å². The molecule has 1 fully saturated rings. The first-order chi connectivity index (χ1) is 11.9. The molecule has 4 nitrogen and oxygen atoms in total. The molecule has 2 N–H and O–H groups in total. The Hall–Kier alpha value is -2.11. The number of halogens is 3. The number of amides is 2. The van der Waals surface area contributed by atoms with Gasteiger partial charge in [0, 0.05) is 6.54 Å². The average Bonchev–Trinajstić information content (AvgIpc) is 3.39. The Labute approximate surface area is 154 Å². The van der Waals surface area contributed by atoms with Gasteiger partial charge in [-0.1, -0.05) is 41.4 Å². The van der Waals surface area contributed by atoms with Crippen molar-refractivity contribution in [1.29, 1.82) is 0 Å². The maximum absolute atomic E-state index is 12.9. The van der Waals surface area contributed by atoms with Crippen molar-refractivity contribution in [2.24, 2.45) is 5.41 Å². The summed E-state index contributed by atoms with van der Waals surface area (Å²) in [7, 11) is 0. The Balaban J connectivity index is 1.65. The van der Waals surface area contributed by atoms with Crippen molar-refractivity contribution < 1.29 is 14.0 Å². The van der Waals surface area contributed by atoms with Gasteiger partial charge < -0.3 is 10.6 Å². The van der Waals surface area contributed by atoms with Crippen molar-refractivity contribution in [3.8, 4) is 0 Å². The van der Waals surface area contributed by atoms with E-state index in [9.17, 15) is 14.0 Å². The summed E-state index contributed by atoms with van der Waals surface area (Å²) in [6.07, 6.45) is 0.909. The molecule has 2 amide bonds. The monoisotopic (exact) mass is 380 g/mol. The zero-order valence-electron chi connectivity index (χ0n) is 13.1. The topological polar surface area (TPSA) is 58.2 Å². The highest BCUT2D eigenvalue weighted by atomic mass is 35.5. The molecular formula is C18H15Cl2FN2O2. The lowest BCUT2D eigenvalue weighted by atomic mass is 10.0. The van der Waals surface area contributed by atoms with Crippen LogP contribution < -0.4 is 10.6 Å². The Morgan fingerprint density at radius 3 is 2.16 bits per heavy atom. The van der Waals surface area contributed by atoms with Gasteiger partial charge in [-0.2, -0.15) is 0 Å². The second-order valence-corrected chi connectivity index (χ2v) is 6.76. The highest BCUT2D eigenvalue weighted by molar-refractivity contribution is 6.40. The third kappa shape index (κ3) is 3.78. The molecule has 0 bridgehead atoms. The highest BCUT2D eigenvalue weighted by Crippen LogP contribution is 2.47. The Kier molecular flexibility index (Phi) is 4.97. The van der Waals surface area contributed by atoms with Gasteiger partial charge in [0.2, 0.25) is 11.8 Å². The smallest absolute Gasteiger partial charge is 0.240 e. The van der Waals surface area contributed by atoms with Crippen LogP contribution in [0.2, 0.25) is 10.0 Å². The van der Waals surface area contributed by atoms with Crippen LogP contribution in [0.3, 0.4) is 0 Å². The predicted octanol–water partition coefficient (Wildman–Crippen LogP) is 4.17. The number of nitrogens with one attached hydrogen (secondary N) is 2. The molecule has 0 heterocycles. The Bertz CT molecular complexity index is 800. The summed E-state index contributed by atoms with van der Waals surface area (Å²) in [5.74, 6) is -1.14. The maximum Gasteiger partial charge on any atom is 0.240 e. The lowest BCUT2D eigenvalue weighted by Gasteiger charge is -2.16. The lowest BCUT2D eigenvalue weighted by molar-refractivity contribution is -0.134. The van der Waals surface area contributed by atoms with E-state index in [1.807, 2.05) is 0 Å². The average molecular weight is 381 g/mol. The first-order valence-electron chi connectivity index (χ1n) is 7.70. The van der Waals surface area contributed by atoms with Crippen LogP contribution in [0.4, 0.5) is 10.1 Å². The van der Waals surface area contributed by atoms with Crippen molar-refractivity contribution in [3.05, 3.63) is 63.9 Å². The number of carbonyl (C=O) groups excluding carboxylic acids is 2. The molecule has 1 aliphatic carbocycles. The molecule has 0 aliphatic heterocycles. The summed E-state index contributed by atoms with van der Waals surface area (Å²) in [6.45, 7) is 0.223. The number of benzene rings is 2. The molecular weight excluding hydrogens is 366 g/mol. The molecule has 0 aromatic heterocycles. The van der Waals surface area contributed by atoms with Crippen LogP contribution in [0.25, 0.3) is 0 Å². The van der Waals surface area contributed by atoms with Crippen LogP contribution in [0, 0.1) is 11.2 Å². The van der Waals surface area contributed by atoms with E-state index in [-0.39, 0.29) is 18.3 Å². The summed E-state index contributed by atoms with van der Waals surface area (Å²) in [6, 6.07) is 10.7. The quantitative estimate of drug-likeness (QED) is 0.764. The molecule has 7 heteroatoms. The summed E-state index contributed by atoms with van der Waals surface area (Å²) >= 11 is 12.1. The largest absolute Gasteiger partial charge is 0.351 e. The van der Waals surface area contributed by atoms with E-state index in [2.05, 4.69) is 10.6 Å². The molecule has 0 saturated heterocycles. The fourth-order valence-electron chi connectivity index (χ4n) is 2.49. The normalized spacial score (nSPS) is 14.7. The van der Waals surface area contributed by atoms with Crippen LogP contribution in [-0.4, -0.2) is 11.8 Å². The number of anilines is 1. The second-order valence-electron chi connectivity index (χ2n) is 5.94. The molecule has 2 aromatic rings. The molecule has 0 atom stereocenters. The molecule has 25 heavy (non-hydrogen) atoms. The molecule has 0 unspecified atom stereocenters. The summed E-state index contributed by atoms with van der Waals surface area (Å²) < 4.78 is 12.9. The molecule has 130 valence electrons. The zero-order valence-corrected chi connectivity index (χ0v) is 14.6. The third-order valence-electron chi connectivity index (χ3n) is 4.19. The van der Waals surface area contributed by atoms with E-state index in [1.165, 1.54) is 12.1 Å². The van der Waals surface area contributed by atoms with Crippen LogP contribution in [-0.2, 0) is 16.1 Å². The van der Waals surface area contributed by atoms with E-state index >= 15 is 0 Å². The standard InChI is InChI=1S/C18H15Cl2FN2O2/c19-13-2-1-3-14(20)15(13)23-17(25)18(8-9-18)16(24)22-10-11-4-6-12(21)7-5-11/h1-7H,8-10H2,(H,22,24)(H,23,25). The molecule has 0 spiro atoms. The van der Waals surface area contributed by atoms with Gasteiger partial charge in [0.1, 0.15) is 11.2 Å². The molecule has 0 radical (unpaired) electrons. The van der Waals surface area contributed by atoms with Gasteiger partial charge in [-0.15, -0.1) is 0 Å². The second kappa shape index (κ2) is 7.02. The van der Waals surface area contributed by atoms with Gasteiger partial charge in [-0.3, -0.25) is 9.59 Å². The Morgan fingerprint density at radius 1 is 1.00 bits per heavy atom. The fourth-order valence-corrected chi connectivity index (χ4v) is 2.98. The van der Waals surface area contributed by atoms with E-state index in [4.69, 9.17) is 23.2 Å². The van der Waals surface area contributed by atoms with Gasteiger partial charge >= 0.3 is 0 Å². The minimum absolute atomic E-state index is 0.223.